The molecule has 1 heterocycles. The van der Waals surface area contributed by atoms with E-state index in [1.165, 1.54) is 0 Å². The Morgan fingerprint density at radius 1 is 1.60 bits per heavy atom. The number of nitrogens with one attached hydrogen (secondary N) is 1. The quantitative estimate of drug-likeness (QED) is 0.814. The average molecular weight is 227 g/mol. The van der Waals surface area contributed by atoms with Crippen LogP contribution in [-0.4, -0.2) is 22.2 Å². The number of pyridine rings is 1. The molecule has 0 radical (unpaired) electrons. The van der Waals surface area contributed by atoms with Gasteiger partial charge in [-0.2, -0.15) is 0 Å². The molecular formula is C11H15ClN2O. The van der Waals surface area contributed by atoms with E-state index in [-0.39, 0.29) is 17.6 Å². The molecule has 1 aliphatic rings. The van der Waals surface area contributed by atoms with Crippen LogP contribution in [0.25, 0.3) is 0 Å². The summed E-state index contributed by atoms with van der Waals surface area (Å²) < 4.78 is 0. The molecule has 0 aromatic carbocycles. The standard InChI is InChI=1S/C11H15ClN2O/c1-11(2)9(5-10(11)15)14-8-6-13-4-3-7(8)12/h3-4,6,9-10,14-15H,5H2,1-2H3. The van der Waals surface area contributed by atoms with Gasteiger partial charge in [-0.3, -0.25) is 4.98 Å². The number of hydrogen-bond acceptors (Lipinski definition) is 3. The van der Waals surface area contributed by atoms with E-state index < -0.39 is 0 Å². The van der Waals surface area contributed by atoms with Crippen molar-refractivity contribution in [3.05, 3.63) is 23.5 Å². The Bertz CT molecular complexity index is 367. The van der Waals surface area contributed by atoms with Crippen LogP contribution in [0.2, 0.25) is 5.02 Å². The van der Waals surface area contributed by atoms with Crippen molar-refractivity contribution in [2.24, 2.45) is 5.41 Å². The number of nitrogens with zero attached hydrogens (tertiary/aromatic N) is 1. The van der Waals surface area contributed by atoms with Gasteiger partial charge in [0.05, 0.1) is 23.0 Å². The number of aliphatic hydroxyl groups is 1. The minimum atomic E-state index is -0.231. The SMILES string of the molecule is CC1(C)C(O)CC1Nc1cnccc1Cl. The lowest BCUT2D eigenvalue weighted by Gasteiger charge is -2.49. The number of halogens is 1. The number of rotatable bonds is 2. The van der Waals surface area contributed by atoms with E-state index in [1.807, 2.05) is 13.8 Å². The molecule has 0 saturated heterocycles. The molecule has 0 aliphatic heterocycles. The predicted octanol–water partition coefficient (Wildman–Crippen LogP) is 2.31. The third-order valence-electron chi connectivity index (χ3n) is 3.31. The number of aliphatic hydroxyl groups excluding tert-OH is 1. The first-order chi connectivity index (χ1) is 7.01. The van der Waals surface area contributed by atoms with Crippen LogP contribution >= 0.6 is 11.6 Å². The van der Waals surface area contributed by atoms with Crippen molar-refractivity contribution < 1.29 is 5.11 Å². The van der Waals surface area contributed by atoms with E-state index in [0.29, 0.717) is 5.02 Å². The van der Waals surface area contributed by atoms with Crippen LogP contribution in [0.5, 0.6) is 0 Å². The molecule has 1 fully saturated rings. The van der Waals surface area contributed by atoms with E-state index in [0.717, 1.165) is 12.1 Å². The molecule has 4 heteroatoms. The van der Waals surface area contributed by atoms with Gasteiger partial charge >= 0.3 is 0 Å². The van der Waals surface area contributed by atoms with Gasteiger partial charge in [0, 0.05) is 17.7 Å². The fourth-order valence-electron chi connectivity index (χ4n) is 1.82. The third-order valence-corrected chi connectivity index (χ3v) is 3.64. The van der Waals surface area contributed by atoms with Gasteiger partial charge < -0.3 is 10.4 Å². The summed E-state index contributed by atoms with van der Waals surface area (Å²) in [6.07, 6.45) is 3.90. The fraction of sp³-hybridized carbons (Fsp3) is 0.545. The van der Waals surface area contributed by atoms with Crippen LogP contribution in [0.15, 0.2) is 18.5 Å². The Hall–Kier alpha value is -0.800. The molecule has 0 amide bonds. The lowest BCUT2D eigenvalue weighted by molar-refractivity contribution is -0.0510. The largest absolute Gasteiger partial charge is 0.392 e. The average Bonchev–Trinajstić information content (AvgIpc) is 2.20. The highest BCUT2D eigenvalue weighted by Crippen LogP contribution is 2.42. The van der Waals surface area contributed by atoms with Crippen LogP contribution in [0, 0.1) is 5.41 Å². The van der Waals surface area contributed by atoms with Crippen LogP contribution < -0.4 is 5.32 Å². The molecular weight excluding hydrogens is 212 g/mol. The molecule has 2 unspecified atom stereocenters. The summed E-state index contributed by atoms with van der Waals surface area (Å²) in [4.78, 5) is 4.01. The van der Waals surface area contributed by atoms with Gasteiger partial charge in [-0.15, -0.1) is 0 Å². The number of anilines is 1. The number of hydrogen-bond donors (Lipinski definition) is 2. The lowest BCUT2D eigenvalue weighted by Crippen LogP contribution is -2.56. The molecule has 3 nitrogen and oxygen atoms in total. The summed E-state index contributed by atoms with van der Waals surface area (Å²) in [5.74, 6) is 0. The minimum Gasteiger partial charge on any atom is -0.392 e. The third kappa shape index (κ3) is 1.82. The molecule has 1 aromatic rings. The van der Waals surface area contributed by atoms with Crippen LogP contribution in [0.1, 0.15) is 20.3 Å². The second-order valence-corrected chi connectivity index (χ2v) is 5.03. The van der Waals surface area contributed by atoms with Gasteiger partial charge in [-0.05, 0) is 12.5 Å². The molecule has 1 aliphatic carbocycles. The van der Waals surface area contributed by atoms with Gasteiger partial charge in [-0.25, -0.2) is 0 Å². The molecule has 1 aromatic heterocycles. The highest BCUT2D eigenvalue weighted by Gasteiger charge is 2.47. The molecule has 2 atom stereocenters. The zero-order valence-electron chi connectivity index (χ0n) is 8.87. The van der Waals surface area contributed by atoms with Crippen molar-refractivity contribution in [2.45, 2.75) is 32.4 Å². The van der Waals surface area contributed by atoms with Gasteiger partial charge in [0.15, 0.2) is 0 Å². The van der Waals surface area contributed by atoms with Crippen LogP contribution in [-0.2, 0) is 0 Å². The van der Waals surface area contributed by atoms with Crippen molar-refractivity contribution in [1.29, 1.82) is 0 Å². The van der Waals surface area contributed by atoms with Crippen molar-refractivity contribution in [1.82, 2.24) is 4.98 Å². The zero-order chi connectivity index (χ0) is 11.1. The molecule has 2 N–H and O–H groups in total. The summed E-state index contributed by atoms with van der Waals surface area (Å²) in [5, 5.41) is 13.6. The highest BCUT2D eigenvalue weighted by molar-refractivity contribution is 6.33. The van der Waals surface area contributed by atoms with E-state index >= 15 is 0 Å². The fourth-order valence-corrected chi connectivity index (χ4v) is 1.98. The second-order valence-electron chi connectivity index (χ2n) is 4.63. The van der Waals surface area contributed by atoms with Crippen molar-refractivity contribution in [3.8, 4) is 0 Å². The topological polar surface area (TPSA) is 45.1 Å². The van der Waals surface area contributed by atoms with Crippen LogP contribution in [0.4, 0.5) is 5.69 Å². The highest BCUT2D eigenvalue weighted by atomic mass is 35.5. The lowest BCUT2D eigenvalue weighted by atomic mass is 9.64. The molecule has 2 rings (SSSR count). The maximum Gasteiger partial charge on any atom is 0.0718 e. The molecule has 1 saturated carbocycles. The summed E-state index contributed by atoms with van der Waals surface area (Å²) in [5.41, 5.74) is 0.739. The maximum atomic E-state index is 9.60. The summed E-state index contributed by atoms with van der Waals surface area (Å²) >= 11 is 6.01. The van der Waals surface area contributed by atoms with E-state index in [2.05, 4.69) is 10.3 Å². The van der Waals surface area contributed by atoms with Gasteiger partial charge in [0.25, 0.3) is 0 Å². The minimum absolute atomic E-state index is 0.0980. The molecule has 15 heavy (non-hydrogen) atoms. The van der Waals surface area contributed by atoms with E-state index in [9.17, 15) is 5.11 Å². The first-order valence-electron chi connectivity index (χ1n) is 5.06. The predicted molar refractivity (Wildman–Crippen MR) is 61.1 cm³/mol. The van der Waals surface area contributed by atoms with Crippen molar-refractivity contribution in [2.75, 3.05) is 5.32 Å². The van der Waals surface area contributed by atoms with Crippen molar-refractivity contribution in [3.63, 3.8) is 0 Å². The first-order valence-corrected chi connectivity index (χ1v) is 5.43. The Balaban J connectivity index is 2.08. The second kappa shape index (κ2) is 3.65. The van der Waals surface area contributed by atoms with Crippen molar-refractivity contribution >= 4 is 17.3 Å². The van der Waals surface area contributed by atoms with Gasteiger partial charge in [0.1, 0.15) is 0 Å². The first kappa shape index (κ1) is 10.7. The maximum absolute atomic E-state index is 9.60. The van der Waals surface area contributed by atoms with E-state index in [1.54, 1.807) is 18.5 Å². The Morgan fingerprint density at radius 3 is 2.87 bits per heavy atom. The van der Waals surface area contributed by atoms with Crippen LogP contribution in [0.3, 0.4) is 0 Å². The molecule has 0 bridgehead atoms. The van der Waals surface area contributed by atoms with Gasteiger partial charge in [-0.1, -0.05) is 25.4 Å². The Kier molecular flexibility index (Phi) is 2.61. The summed E-state index contributed by atoms with van der Waals surface area (Å²) in [7, 11) is 0. The Morgan fingerprint density at radius 2 is 2.33 bits per heavy atom. The monoisotopic (exact) mass is 226 g/mol. The summed E-state index contributed by atoms with van der Waals surface area (Å²) in [6, 6.07) is 2.01. The number of aromatic nitrogens is 1. The molecule has 82 valence electrons. The van der Waals surface area contributed by atoms with Gasteiger partial charge in [0.2, 0.25) is 0 Å². The molecule has 0 spiro atoms. The smallest absolute Gasteiger partial charge is 0.0718 e. The van der Waals surface area contributed by atoms with E-state index in [4.69, 9.17) is 11.6 Å². The zero-order valence-corrected chi connectivity index (χ0v) is 9.62. The Labute approximate surface area is 94.5 Å². The summed E-state index contributed by atoms with van der Waals surface area (Å²) in [6.45, 7) is 4.09. The normalized spacial score (nSPS) is 28.3.